The number of nitrogens with one attached hydrogen (secondary N) is 2. The Morgan fingerprint density at radius 3 is 2.62 bits per heavy atom. The molecule has 0 fully saturated rings. The van der Waals surface area contributed by atoms with Gasteiger partial charge in [0.05, 0.1) is 18.3 Å². The number of urea groups is 1. The molecular weight excluding hydrogens is 408 g/mol. The highest BCUT2D eigenvalue weighted by atomic mass is 16.5. The zero-order chi connectivity index (χ0) is 22.7. The van der Waals surface area contributed by atoms with E-state index in [1.54, 1.807) is 17.7 Å². The molecule has 0 bridgehead atoms. The number of pyridine rings is 1. The maximum Gasteiger partial charge on any atom is 0.319 e. The maximum absolute atomic E-state index is 13.4. The highest BCUT2D eigenvalue weighted by molar-refractivity contribution is 5.89. The number of amides is 2. The third kappa shape index (κ3) is 4.01. The molecule has 0 saturated carbocycles. The number of ether oxygens (including phenoxy) is 1. The molecule has 3 aromatic heterocycles. The minimum Gasteiger partial charge on any atom is -0.481 e. The fraction of sp³-hybridized carbons (Fsp3) is 0.304. The summed E-state index contributed by atoms with van der Waals surface area (Å²) in [5, 5.41) is 5.61. The summed E-state index contributed by atoms with van der Waals surface area (Å²) in [4.78, 5) is 34.7. The number of aryl methyl sites for hydroxylation is 3. The smallest absolute Gasteiger partial charge is 0.319 e. The molecule has 32 heavy (non-hydrogen) atoms. The second-order valence-electron chi connectivity index (χ2n) is 7.40. The van der Waals surface area contributed by atoms with E-state index in [0.29, 0.717) is 54.2 Å². The van der Waals surface area contributed by atoms with E-state index in [1.165, 1.54) is 0 Å². The van der Waals surface area contributed by atoms with E-state index >= 15 is 0 Å². The number of rotatable bonds is 7. The first-order chi connectivity index (χ1) is 15.5. The zero-order valence-electron chi connectivity index (χ0n) is 18.4. The fourth-order valence-corrected chi connectivity index (χ4v) is 3.81. The molecular formula is C23H26N6O3. The lowest BCUT2D eigenvalue weighted by Gasteiger charge is -2.14. The number of hydrogen-bond donors (Lipinski definition) is 2. The van der Waals surface area contributed by atoms with Gasteiger partial charge in [-0.15, -0.1) is 0 Å². The van der Waals surface area contributed by atoms with E-state index in [9.17, 15) is 9.59 Å². The van der Waals surface area contributed by atoms with Gasteiger partial charge in [-0.2, -0.15) is 4.98 Å². The van der Waals surface area contributed by atoms with Crippen LogP contribution in [0, 0.1) is 6.92 Å². The molecule has 3 heterocycles. The van der Waals surface area contributed by atoms with Gasteiger partial charge in [0.1, 0.15) is 11.3 Å². The van der Waals surface area contributed by atoms with Crippen molar-refractivity contribution >= 4 is 28.4 Å². The first kappa shape index (κ1) is 21.4. The molecule has 0 aliphatic rings. The fourth-order valence-electron chi connectivity index (χ4n) is 3.81. The monoisotopic (exact) mass is 434 g/mol. The van der Waals surface area contributed by atoms with E-state index < -0.39 is 0 Å². The molecule has 0 radical (unpaired) electrons. The van der Waals surface area contributed by atoms with Gasteiger partial charge in [-0.1, -0.05) is 25.1 Å². The van der Waals surface area contributed by atoms with Crippen molar-refractivity contribution < 1.29 is 9.53 Å². The average molecular weight is 435 g/mol. The van der Waals surface area contributed by atoms with Crippen molar-refractivity contribution in [2.24, 2.45) is 0 Å². The lowest BCUT2D eigenvalue weighted by atomic mass is 10.3. The van der Waals surface area contributed by atoms with Crippen LogP contribution in [0.5, 0.6) is 5.88 Å². The van der Waals surface area contributed by atoms with Gasteiger partial charge >= 0.3 is 6.03 Å². The molecule has 2 amide bonds. The van der Waals surface area contributed by atoms with Gasteiger partial charge in [-0.25, -0.2) is 9.78 Å². The van der Waals surface area contributed by atoms with Crippen molar-refractivity contribution in [1.82, 2.24) is 24.3 Å². The molecule has 166 valence electrons. The second kappa shape index (κ2) is 9.09. The van der Waals surface area contributed by atoms with Gasteiger partial charge in [-0.3, -0.25) is 9.20 Å². The van der Waals surface area contributed by atoms with Crippen LogP contribution in [0.15, 0.2) is 47.3 Å². The molecule has 9 heteroatoms. The molecule has 9 nitrogen and oxygen atoms in total. The Morgan fingerprint density at radius 1 is 1.12 bits per heavy atom. The van der Waals surface area contributed by atoms with Crippen LogP contribution in [0.2, 0.25) is 0 Å². The number of fused-ring (bicyclic) bond motifs is 3. The molecule has 0 aliphatic heterocycles. The van der Waals surface area contributed by atoms with E-state index in [1.807, 2.05) is 54.6 Å². The van der Waals surface area contributed by atoms with Crippen molar-refractivity contribution in [3.8, 4) is 5.88 Å². The number of carbonyl (C=O) groups is 1. The Hall–Kier alpha value is -3.88. The molecule has 0 aliphatic carbocycles. The number of para-hydroxylation sites is 1. The SMILES string of the molecule is CCc1nc(C)c2c(=O)n(CCCNC(=O)Nc3ccccc3)c3ccc(OC)nc3n12. The van der Waals surface area contributed by atoms with Gasteiger partial charge in [0.25, 0.3) is 5.56 Å². The van der Waals surface area contributed by atoms with Crippen LogP contribution in [0.1, 0.15) is 24.9 Å². The van der Waals surface area contributed by atoms with Crippen LogP contribution in [-0.2, 0) is 13.0 Å². The first-order valence-corrected chi connectivity index (χ1v) is 10.6. The van der Waals surface area contributed by atoms with Gasteiger partial charge in [0.2, 0.25) is 5.88 Å². The normalized spacial score (nSPS) is 11.1. The predicted octanol–water partition coefficient (Wildman–Crippen LogP) is 3.14. The summed E-state index contributed by atoms with van der Waals surface area (Å²) >= 11 is 0. The lowest BCUT2D eigenvalue weighted by Crippen LogP contribution is -2.31. The van der Waals surface area contributed by atoms with Gasteiger partial charge in [-0.05, 0) is 31.5 Å². The molecule has 0 saturated heterocycles. The number of benzene rings is 1. The van der Waals surface area contributed by atoms with Crippen LogP contribution >= 0.6 is 0 Å². The Morgan fingerprint density at radius 2 is 1.91 bits per heavy atom. The third-order valence-corrected chi connectivity index (χ3v) is 5.30. The van der Waals surface area contributed by atoms with Crippen molar-refractivity contribution in [3.63, 3.8) is 0 Å². The summed E-state index contributed by atoms with van der Waals surface area (Å²) < 4.78 is 8.84. The summed E-state index contributed by atoms with van der Waals surface area (Å²) in [5.74, 6) is 1.25. The van der Waals surface area contributed by atoms with Crippen LogP contribution in [-0.4, -0.2) is 38.6 Å². The maximum atomic E-state index is 13.4. The average Bonchev–Trinajstić information content (AvgIpc) is 3.15. The minimum atomic E-state index is -0.283. The summed E-state index contributed by atoms with van der Waals surface area (Å²) in [6.07, 6.45) is 1.25. The lowest BCUT2D eigenvalue weighted by molar-refractivity contribution is 0.252. The third-order valence-electron chi connectivity index (χ3n) is 5.30. The number of anilines is 1. The quantitative estimate of drug-likeness (QED) is 0.435. The number of nitrogens with zero attached hydrogens (tertiary/aromatic N) is 4. The Balaban J connectivity index is 1.59. The summed E-state index contributed by atoms with van der Waals surface area (Å²) in [5.41, 5.74) is 3.12. The largest absolute Gasteiger partial charge is 0.481 e. The van der Waals surface area contributed by atoms with Crippen LogP contribution in [0.4, 0.5) is 10.5 Å². The number of aromatic nitrogens is 4. The van der Waals surface area contributed by atoms with Crippen molar-refractivity contribution in [1.29, 1.82) is 0 Å². The van der Waals surface area contributed by atoms with E-state index in [2.05, 4.69) is 20.6 Å². The molecule has 0 spiro atoms. The van der Waals surface area contributed by atoms with E-state index in [4.69, 9.17) is 4.74 Å². The predicted molar refractivity (Wildman–Crippen MR) is 124 cm³/mol. The highest BCUT2D eigenvalue weighted by Gasteiger charge is 2.18. The Labute approximate surface area is 185 Å². The molecule has 1 aromatic carbocycles. The Kier molecular flexibility index (Phi) is 6.07. The van der Waals surface area contributed by atoms with Crippen molar-refractivity contribution in [3.05, 3.63) is 64.3 Å². The topological polar surface area (TPSA) is 103 Å². The first-order valence-electron chi connectivity index (χ1n) is 10.6. The highest BCUT2D eigenvalue weighted by Crippen LogP contribution is 2.21. The van der Waals surface area contributed by atoms with Crippen molar-refractivity contribution in [2.75, 3.05) is 19.0 Å². The summed E-state index contributed by atoms with van der Waals surface area (Å²) in [6.45, 7) is 4.68. The second-order valence-corrected chi connectivity index (χ2v) is 7.40. The zero-order valence-corrected chi connectivity index (χ0v) is 18.4. The molecule has 4 aromatic rings. The number of carbonyl (C=O) groups excluding carboxylic acids is 1. The standard InChI is InChI=1S/C23H26N6O3/c1-4-18-25-15(2)20-22(30)28(17-11-12-19(32-3)27-21(17)29(18)20)14-8-13-24-23(31)26-16-9-6-5-7-10-16/h5-7,9-12H,4,8,13-14H2,1-3H3,(H2,24,26,31). The minimum absolute atomic E-state index is 0.122. The number of imidazole rings is 1. The van der Waals surface area contributed by atoms with Crippen LogP contribution in [0.25, 0.3) is 16.7 Å². The van der Waals surface area contributed by atoms with Crippen LogP contribution in [0.3, 0.4) is 0 Å². The van der Waals surface area contributed by atoms with Crippen molar-refractivity contribution in [2.45, 2.75) is 33.2 Å². The van der Waals surface area contributed by atoms with E-state index in [-0.39, 0.29) is 11.6 Å². The summed E-state index contributed by atoms with van der Waals surface area (Å²) in [7, 11) is 1.56. The van der Waals surface area contributed by atoms with Crippen LogP contribution < -0.4 is 20.9 Å². The molecule has 0 unspecified atom stereocenters. The Bertz CT molecular complexity index is 1330. The molecule has 0 atom stereocenters. The van der Waals surface area contributed by atoms with Gasteiger partial charge in [0, 0.05) is 31.3 Å². The summed E-state index contributed by atoms with van der Waals surface area (Å²) in [6, 6.07) is 12.5. The van der Waals surface area contributed by atoms with Gasteiger partial charge in [0.15, 0.2) is 5.65 Å². The van der Waals surface area contributed by atoms with Gasteiger partial charge < -0.3 is 19.9 Å². The molecule has 2 N–H and O–H groups in total. The number of hydrogen-bond acceptors (Lipinski definition) is 5. The van der Waals surface area contributed by atoms with E-state index in [0.717, 1.165) is 11.5 Å². The molecule has 4 rings (SSSR count). The number of methoxy groups -OCH3 is 1.